The molecule has 0 aliphatic carbocycles. The first-order valence-corrected chi connectivity index (χ1v) is 5.23. The van der Waals surface area contributed by atoms with E-state index >= 15 is 0 Å². The summed E-state index contributed by atoms with van der Waals surface area (Å²) in [5.74, 6) is 0.394. The van der Waals surface area contributed by atoms with E-state index < -0.39 is 6.03 Å². The number of ether oxygens (including phenoxy) is 1. The molecule has 1 aliphatic heterocycles. The van der Waals surface area contributed by atoms with E-state index in [9.17, 15) is 9.59 Å². The molecule has 0 spiro atoms. The Morgan fingerprint density at radius 3 is 2.93 bits per heavy atom. The van der Waals surface area contributed by atoms with E-state index in [1.165, 1.54) is 11.8 Å². The van der Waals surface area contributed by atoms with Crippen molar-refractivity contribution in [3.8, 4) is 0 Å². The van der Waals surface area contributed by atoms with Crippen LogP contribution in [0, 0.1) is 0 Å². The van der Waals surface area contributed by atoms with Crippen LogP contribution in [0.4, 0.5) is 4.79 Å². The van der Waals surface area contributed by atoms with Gasteiger partial charge in [-0.1, -0.05) is 0 Å². The summed E-state index contributed by atoms with van der Waals surface area (Å²) in [7, 11) is 0. The fourth-order valence-corrected chi connectivity index (χ4v) is 2.13. The summed E-state index contributed by atoms with van der Waals surface area (Å²) in [5.41, 5.74) is 5.47. The Morgan fingerprint density at radius 1 is 1.64 bits per heavy atom. The van der Waals surface area contributed by atoms with E-state index in [1.807, 2.05) is 0 Å². The molecule has 3 N–H and O–H groups in total. The van der Waals surface area contributed by atoms with Gasteiger partial charge in [0.2, 0.25) is 0 Å². The Bertz CT molecular complexity index is 288. The molecule has 0 bridgehead atoms. The van der Waals surface area contributed by atoms with Crippen LogP contribution in [0.5, 0.6) is 0 Å². The Morgan fingerprint density at radius 2 is 2.36 bits per heavy atom. The number of esters is 1. The van der Waals surface area contributed by atoms with E-state index in [4.69, 9.17) is 10.5 Å². The van der Waals surface area contributed by atoms with Gasteiger partial charge in [0, 0.05) is 5.75 Å². The summed E-state index contributed by atoms with van der Waals surface area (Å²) in [6.45, 7) is 2.07. The van der Waals surface area contributed by atoms with Crippen molar-refractivity contribution in [3.63, 3.8) is 0 Å². The maximum atomic E-state index is 11.4. The number of nitrogens with two attached hydrogens (primary N) is 1. The molecule has 0 unspecified atom stereocenters. The van der Waals surface area contributed by atoms with Crippen molar-refractivity contribution in [1.82, 2.24) is 5.32 Å². The first kappa shape index (κ1) is 10.9. The lowest BCUT2D eigenvalue weighted by atomic mass is 10.2. The van der Waals surface area contributed by atoms with Gasteiger partial charge in [0.1, 0.15) is 0 Å². The molecule has 0 atom stereocenters. The van der Waals surface area contributed by atoms with Crippen molar-refractivity contribution in [1.29, 1.82) is 0 Å². The SMILES string of the molecule is CCOC(=O)C1=C(NC(N)=O)SCC1. The monoisotopic (exact) mass is 216 g/mol. The van der Waals surface area contributed by atoms with Crippen LogP contribution >= 0.6 is 11.8 Å². The van der Waals surface area contributed by atoms with Crippen LogP contribution < -0.4 is 11.1 Å². The van der Waals surface area contributed by atoms with E-state index in [2.05, 4.69) is 5.32 Å². The lowest BCUT2D eigenvalue weighted by Gasteiger charge is -2.05. The van der Waals surface area contributed by atoms with E-state index in [0.717, 1.165) is 5.75 Å². The molecule has 5 nitrogen and oxygen atoms in total. The van der Waals surface area contributed by atoms with Gasteiger partial charge in [0.25, 0.3) is 0 Å². The second-order valence-corrected chi connectivity index (χ2v) is 3.72. The molecule has 2 amide bonds. The van der Waals surface area contributed by atoms with Crippen molar-refractivity contribution in [2.24, 2.45) is 5.73 Å². The van der Waals surface area contributed by atoms with Crippen LogP contribution in [0.25, 0.3) is 0 Å². The number of carbonyl (C=O) groups is 2. The first-order chi connectivity index (χ1) is 6.65. The van der Waals surface area contributed by atoms with E-state index in [0.29, 0.717) is 23.6 Å². The van der Waals surface area contributed by atoms with Crippen molar-refractivity contribution in [2.45, 2.75) is 13.3 Å². The number of rotatable bonds is 3. The molecular weight excluding hydrogens is 204 g/mol. The minimum atomic E-state index is -0.656. The standard InChI is InChI=1S/C8H12N2O3S/c1-2-13-7(11)5-3-4-14-6(5)10-8(9)12/h2-4H2,1H3,(H3,9,10,12). The highest BCUT2D eigenvalue weighted by atomic mass is 32.2. The first-order valence-electron chi connectivity index (χ1n) is 4.24. The molecular formula is C8H12N2O3S. The fourth-order valence-electron chi connectivity index (χ4n) is 1.09. The molecule has 14 heavy (non-hydrogen) atoms. The van der Waals surface area contributed by atoms with Gasteiger partial charge < -0.3 is 15.8 Å². The summed E-state index contributed by atoms with van der Waals surface area (Å²) in [4.78, 5) is 21.9. The van der Waals surface area contributed by atoms with Crippen molar-refractivity contribution >= 4 is 23.8 Å². The lowest BCUT2D eigenvalue weighted by molar-refractivity contribution is -0.138. The number of thioether (sulfide) groups is 1. The van der Waals surface area contributed by atoms with E-state index in [-0.39, 0.29) is 5.97 Å². The van der Waals surface area contributed by atoms with Gasteiger partial charge in [-0.25, -0.2) is 9.59 Å². The topological polar surface area (TPSA) is 81.4 Å². The van der Waals surface area contributed by atoms with Gasteiger partial charge >= 0.3 is 12.0 Å². The zero-order valence-corrected chi connectivity index (χ0v) is 8.65. The van der Waals surface area contributed by atoms with E-state index in [1.54, 1.807) is 6.92 Å². The van der Waals surface area contributed by atoms with Gasteiger partial charge in [0.05, 0.1) is 17.2 Å². The molecule has 0 aromatic rings. The molecule has 0 saturated carbocycles. The normalized spacial score (nSPS) is 15.5. The van der Waals surface area contributed by atoms with Crippen LogP contribution in [-0.4, -0.2) is 24.4 Å². The average Bonchev–Trinajstić information content (AvgIpc) is 2.51. The molecule has 78 valence electrons. The molecule has 1 rings (SSSR count). The third kappa shape index (κ3) is 2.66. The fraction of sp³-hybridized carbons (Fsp3) is 0.500. The van der Waals surface area contributed by atoms with Gasteiger partial charge in [-0.2, -0.15) is 0 Å². The molecule has 1 aliphatic rings. The molecule has 0 saturated heterocycles. The molecule has 0 aromatic heterocycles. The highest BCUT2D eigenvalue weighted by Gasteiger charge is 2.23. The second-order valence-electron chi connectivity index (χ2n) is 2.62. The van der Waals surface area contributed by atoms with Crippen molar-refractivity contribution in [3.05, 3.63) is 10.6 Å². The number of carbonyl (C=O) groups excluding carboxylic acids is 2. The van der Waals surface area contributed by atoms with Gasteiger partial charge in [-0.05, 0) is 13.3 Å². The number of primary amides is 1. The third-order valence-electron chi connectivity index (χ3n) is 1.63. The van der Waals surface area contributed by atoms with Gasteiger partial charge in [-0.15, -0.1) is 11.8 Å². The summed E-state index contributed by atoms with van der Waals surface area (Å²) in [5, 5.41) is 2.94. The Labute approximate surface area is 86.0 Å². The van der Waals surface area contributed by atoms with Crippen LogP contribution in [0.2, 0.25) is 0 Å². The lowest BCUT2D eigenvalue weighted by Crippen LogP contribution is -2.28. The van der Waals surface area contributed by atoms with Crippen molar-refractivity contribution in [2.75, 3.05) is 12.4 Å². The van der Waals surface area contributed by atoms with Crippen molar-refractivity contribution < 1.29 is 14.3 Å². The predicted octanol–water partition coefficient (Wildman–Crippen LogP) is 0.566. The maximum Gasteiger partial charge on any atom is 0.336 e. The zero-order chi connectivity index (χ0) is 10.6. The van der Waals surface area contributed by atoms with Gasteiger partial charge in [-0.3, -0.25) is 0 Å². The maximum absolute atomic E-state index is 11.4. The minimum Gasteiger partial charge on any atom is -0.463 e. The molecule has 6 heteroatoms. The van der Waals surface area contributed by atoms with Crippen LogP contribution in [0.15, 0.2) is 10.6 Å². The predicted molar refractivity (Wildman–Crippen MR) is 53.5 cm³/mol. The molecule has 1 heterocycles. The quantitative estimate of drug-likeness (QED) is 0.676. The minimum absolute atomic E-state index is 0.330. The van der Waals surface area contributed by atoms with Crippen LogP contribution in [-0.2, 0) is 9.53 Å². The summed E-state index contributed by atoms with van der Waals surface area (Å²) in [6.07, 6.45) is 0.610. The summed E-state index contributed by atoms with van der Waals surface area (Å²) < 4.78 is 4.84. The number of urea groups is 1. The zero-order valence-electron chi connectivity index (χ0n) is 7.83. The van der Waals surface area contributed by atoms with Crippen LogP contribution in [0.3, 0.4) is 0 Å². The molecule has 0 fully saturated rings. The number of amides is 2. The molecule has 0 radical (unpaired) electrons. The number of nitrogens with one attached hydrogen (secondary N) is 1. The highest BCUT2D eigenvalue weighted by Crippen LogP contribution is 2.29. The smallest absolute Gasteiger partial charge is 0.336 e. The summed E-state index contributed by atoms with van der Waals surface area (Å²) in [6, 6.07) is -0.656. The largest absolute Gasteiger partial charge is 0.463 e. The average molecular weight is 216 g/mol. The Hall–Kier alpha value is -1.17. The second kappa shape index (κ2) is 4.90. The molecule has 0 aromatic carbocycles. The third-order valence-corrected chi connectivity index (χ3v) is 2.68. The van der Waals surface area contributed by atoms with Gasteiger partial charge in [0.15, 0.2) is 0 Å². The van der Waals surface area contributed by atoms with Crippen LogP contribution in [0.1, 0.15) is 13.3 Å². The Balaban J connectivity index is 2.71. The highest BCUT2D eigenvalue weighted by molar-refractivity contribution is 8.03. The summed E-state index contributed by atoms with van der Waals surface area (Å²) >= 11 is 1.40. The number of hydrogen-bond donors (Lipinski definition) is 2. The number of hydrogen-bond acceptors (Lipinski definition) is 4. The Kier molecular flexibility index (Phi) is 3.82.